The topological polar surface area (TPSA) is 33.3 Å². The SMILES string of the molecule is CCCCCCCc1ccc(OC)c(CNC2CCCNC2c2ccccc2)c1. The normalized spacial score (nSPS) is 19.2. The Hall–Kier alpha value is -1.84. The van der Waals surface area contributed by atoms with E-state index >= 15 is 0 Å². The quantitative estimate of drug-likeness (QED) is 0.473. The summed E-state index contributed by atoms with van der Waals surface area (Å²) in [7, 11) is 1.78. The Kier molecular flexibility index (Phi) is 9.04. The van der Waals surface area contributed by atoms with Crippen LogP contribution in [0.15, 0.2) is 48.5 Å². The molecular weight excluding hydrogens is 356 g/mol. The lowest BCUT2D eigenvalue weighted by molar-refractivity contribution is 0.303. The minimum absolute atomic E-state index is 0.373. The molecule has 3 heteroatoms. The van der Waals surface area contributed by atoms with Gasteiger partial charge in [0.2, 0.25) is 0 Å². The number of hydrogen-bond donors (Lipinski definition) is 2. The Morgan fingerprint density at radius 1 is 1.03 bits per heavy atom. The van der Waals surface area contributed by atoms with Gasteiger partial charge >= 0.3 is 0 Å². The van der Waals surface area contributed by atoms with Crippen LogP contribution in [0.25, 0.3) is 0 Å². The van der Waals surface area contributed by atoms with E-state index in [9.17, 15) is 0 Å². The number of nitrogens with one attached hydrogen (secondary N) is 2. The molecule has 1 aliphatic rings. The predicted octanol–water partition coefficient (Wildman–Crippen LogP) is 5.79. The fourth-order valence-corrected chi connectivity index (χ4v) is 4.42. The fraction of sp³-hybridized carbons (Fsp3) is 0.538. The molecule has 0 aliphatic carbocycles. The van der Waals surface area contributed by atoms with Crippen LogP contribution < -0.4 is 15.4 Å². The zero-order valence-electron chi connectivity index (χ0n) is 18.3. The first-order chi connectivity index (χ1) is 14.3. The average molecular weight is 395 g/mol. The maximum atomic E-state index is 5.65. The van der Waals surface area contributed by atoms with Crippen molar-refractivity contribution in [2.75, 3.05) is 13.7 Å². The Labute approximate surface area is 177 Å². The Bertz CT molecular complexity index is 716. The van der Waals surface area contributed by atoms with Gasteiger partial charge in [0, 0.05) is 24.2 Å². The second-order valence-corrected chi connectivity index (χ2v) is 8.28. The van der Waals surface area contributed by atoms with Crippen LogP contribution in [0.1, 0.15) is 74.6 Å². The van der Waals surface area contributed by atoms with Gasteiger partial charge in [0.25, 0.3) is 0 Å². The lowest BCUT2D eigenvalue weighted by Crippen LogP contribution is -2.45. The molecule has 2 N–H and O–H groups in total. The average Bonchev–Trinajstić information content (AvgIpc) is 2.78. The van der Waals surface area contributed by atoms with E-state index in [4.69, 9.17) is 4.74 Å². The molecule has 158 valence electrons. The van der Waals surface area contributed by atoms with Crippen molar-refractivity contribution in [3.8, 4) is 5.75 Å². The second kappa shape index (κ2) is 12.0. The lowest BCUT2D eigenvalue weighted by atomic mass is 9.92. The van der Waals surface area contributed by atoms with Gasteiger partial charge in [-0.3, -0.25) is 0 Å². The van der Waals surface area contributed by atoms with Crippen molar-refractivity contribution in [3.63, 3.8) is 0 Å². The molecule has 2 aromatic carbocycles. The molecule has 3 rings (SSSR count). The molecular formula is C26H38N2O. The van der Waals surface area contributed by atoms with Crippen LogP contribution in [0.4, 0.5) is 0 Å². The van der Waals surface area contributed by atoms with Crippen LogP contribution in [0.3, 0.4) is 0 Å². The zero-order chi connectivity index (χ0) is 20.3. The molecule has 29 heavy (non-hydrogen) atoms. The highest BCUT2D eigenvalue weighted by atomic mass is 16.5. The van der Waals surface area contributed by atoms with Crippen molar-refractivity contribution in [2.45, 2.75) is 76.9 Å². The summed E-state index contributed by atoms with van der Waals surface area (Å²) in [6, 6.07) is 18.4. The van der Waals surface area contributed by atoms with Crippen LogP contribution >= 0.6 is 0 Å². The molecule has 0 bridgehead atoms. The molecule has 1 aliphatic heterocycles. The van der Waals surface area contributed by atoms with Crippen molar-refractivity contribution < 1.29 is 4.74 Å². The second-order valence-electron chi connectivity index (χ2n) is 8.28. The molecule has 0 amide bonds. The smallest absolute Gasteiger partial charge is 0.123 e. The van der Waals surface area contributed by atoms with E-state index in [-0.39, 0.29) is 0 Å². The molecule has 1 fully saturated rings. The number of ether oxygens (including phenoxy) is 1. The summed E-state index contributed by atoms with van der Waals surface area (Å²) in [4.78, 5) is 0. The summed E-state index contributed by atoms with van der Waals surface area (Å²) in [5.41, 5.74) is 4.08. The van der Waals surface area contributed by atoms with E-state index in [2.05, 4.69) is 66.1 Å². The van der Waals surface area contributed by atoms with E-state index in [1.165, 1.54) is 68.1 Å². The highest BCUT2D eigenvalue weighted by Crippen LogP contribution is 2.26. The van der Waals surface area contributed by atoms with Crippen molar-refractivity contribution in [1.29, 1.82) is 0 Å². The molecule has 1 heterocycles. The third kappa shape index (κ3) is 6.58. The number of benzene rings is 2. The molecule has 0 spiro atoms. The minimum Gasteiger partial charge on any atom is -0.496 e. The molecule has 2 unspecified atom stereocenters. The summed E-state index contributed by atoms with van der Waals surface area (Å²) in [5, 5.41) is 7.54. The van der Waals surface area contributed by atoms with Gasteiger partial charge in [0.05, 0.1) is 7.11 Å². The summed E-state index contributed by atoms with van der Waals surface area (Å²) < 4.78 is 5.65. The van der Waals surface area contributed by atoms with Crippen LogP contribution in [0.2, 0.25) is 0 Å². The van der Waals surface area contributed by atoms with Crippen molar-refractivity contribution in [2.24, 2.45) is 0 Å². The van der Waals surface area contributed by atoms with Gasteiger partial charge in [-0.05, 0) is 49.4 Å². The van der Waals surface area contributed by atoms with Crippen LogP contribution in [-0.4, -0.2) is 19.7 Å². The molecule has 2 aromatic rings. The summed E-state index contributed by atoms with van der Waals surface area (Å²) in [6.07, 6.45) is 10.2. The van der Waals surface area contributed by atoms with E-state index in [0.29, 0.717) is 12.1 Å². The van der Waals surface area contributed by atoms with Gasteiger partial charge in [-0.15, -0.1) is 0 Å². The van der Waals surface area contributed by atoms with Gasteiger partial charge in [0.1, 0.15) is 5.75 Å². The van der Waals surface area contributed by atoms with E-state index < -0.39 is 0 Å². The summed E-state index contributed by atoms with van der Waals surface area (Å²) in [5.74, 6) is 0.993. The van der Waals surface area contributed by atoms with E-state index in [1.807, 2.05) is 0 Å². The predicted molar refractivity (Wildman–Crippen MR) is 123 cm³/mol. The molecule has 0 saturated carbocycles. The van der Waals surface area contributed by atoms with Crippen LogP contribution in [0, 0.1) is 0 Å². The number of unbranched alkanes of at least 4 members (excludes halogenated alkanes) is 4. The first kappa shape index (κ1) is 21.9. The van der Waals surface area contributed by atoms with Crippen molar-refractivity contribution in [1.82, 2.24) is 10.6 Å². The van der Waals surface area contributed by atoms with Gasteiger partial charge in [0.15, 0.2) is 0 Å². The molecule has 3 nitrogen and oxygen atoms in total. The highest BCUT2D eigenvalue weighted by molar-refractivity contribution is 5.37. The Balaban J connectivity index is 1.61. The molecule has 0 radical (unpaired) electrons. The van der Waals surface area contributed by atoms with E-state index in [1.54, 1.807) is 7.11 Å². The van der Waals surface area contributed by atoms with Gasteiger partial charge < -0.3 is 15.4 Å². The number of hydrogen-bond acceptors (Lipinski definition) is 3. The Morgan fingerprint density at radius 3 is 2.66 bits per heavy atom. The van der Waals surface area contributed by atoms with Crippen molar-refractivity contribution in [3.05, 3.63) is 65.2 Å². The first-order valence-electron chi connectivity index (χ1n) is 11.5. The fourth-order valence-electron chi connectivity index (χ4n) is 4.42. The number of rotatable bonds is 11. The van der Waals surface area contributed by atoms with Gasteiger partial charge in [-0.1, -0.05) is 75.1 Å². The van der Waals surface area contributed by atoms with E-state index in [0.717, 1.165) is 18.8 Å². The summed E-state index contributed by atoms with van der Waals surface area (Å²) in [6.45, 7) is 4.21. The first-order valence-corrected chi connectivity index (χ1v) is 11.5. The summed E-state index contributed by atoms with van der Waals surface area (Å²) >= 11 is 0. The maximum absolute atomic E-state index is 5.65. The molecule has 2 atom stereocenters. The molecule has 1 saturated heterocycles. The maximum Gasteiger partial charge on any atom is 0.123 e. The highest BCUT2D eigenvalue weighted by Gasteiger charge is 2.25. The third-order valence-corrected chi connectivity index (χ3v) is 6.09. The largest absolute Gasteiger partial charge is 0.496 e. The number of piperidine rings is 1. The Morgan fingerprint density at radius 2 is 1.86 bits per heavy atom. The zero-order valence-corrected chi connectivity index (χ0v) is 18.3. The standard InChI is InChI=1S/C26H38N2O/c1-3-4-5-6-8-12-21-16-17-25(29-2)23(19-21)20-28-24-15-11-18-27-26(24)22-13-9-7-10-14-22/h7,9-10,13-14,16-17,19,24,26-28H,3-6,8,11-12,15,18,20H2,1-2H3. The number of methoxy groups -OCH3 is 1. The monoisotopic (exact) mass is 394 g/mol. The minimum atomic E-state index is 0.373. The van der Waals surface area contributed by atoms with Crippen LogP contribution in [0.5, 0.6) is 5.75 Å². The molecule has 0 aromatic heterocycles. The number of aryl methyl sites for hydroxylation is 1. The third-order valence-electron chi connectivity index (χ3n) is 6.09. The lowest BCUT2D eigenvalue weighted by Gasteiger charge is -2.34. The van der Waals surface area contributed by atoms with Crippen LogP contribution in [-0.2, 0) is 13.0 Å². The van der Waals surface area contributed by atoms with Crippen molar-refractivity contribution >= 4 is 0 Å². The van der Waals surface area contributed by atoms with Gasteiger partial charge in [-0.2, -0.15) is 0 Å². The van der Waals surface area contributed by atoms with Gasteiger partial charge in [-0.25, -0.2) is 0 Å².